The van der Waals surface area contributed by atoms with Crippen LogP contribution in [0.2, 0.25) is 5.02 Å². The molecule has 0 aromatic heterocycles. The Morgan fingerprint density at radius 2 is 1.91 bits per heavy atom. The number of urea groups is 1. The lowest BCUT2D eigenvalue weighted by Crippen LogP contribution is -2.35. The Balaban J connectivity index is 1.61. The summed E-state index contributed by atoms with van der Waals surface area (Å²) >= 11 is 6.05. The van der Waals surface area contributed by atoms with Crippen molar-refractivity contribution in [2.45, 2.75) is 25.2 Å². The molecule has 0 aliphatic heterocycles. The van der Waals surface area contributed by atoms with Crippen LogP contribution >= 0.6 is 11.6 Å². The van der Waals surface area contributed by atoms with Crippen molar-refractivity contribution in [1.82, 2.24) is 5.32 Å². The predicted molar refractivity (Wildman–Crippen MR) is 90.5 cm³/mol. The van der Waals surface area contributed by atoms with Crippen LogP contribution in [0.3, 0.4) is 0 Å². The van der Waals surface area contributed by atoms with Gasteiger partial charge in [0.25, 0.3) is 0 Å². The zero-order valence-corrected chi connectivity index (χ0v) is 13.6. The van der Waals surface area contributed by atoms with E-state index >= 15 is 0 Å². The van der Waals surface area contributed by atoms with Crippen LogP contribution in [-0.2, 0) is 5.41 Å². The third-order valence-electron chi connectivity index (χ3n) is 4.41. The van der Waals surface area contributed by atoms with E-state index in [-0.39, 0.29) is 17.3 Å². The molecule has 0 heterocycles. The van der Waals surface area contributed by atoms with Crippen molar-refractivity contribution < 1.29 is 9.18 Å². The van der Waals surface area contributed by atoms with Crippen LogP contribution in [-0.4, -0.2) is 12.6 Å². The Morgan fingerprint density at radius 1 is 1.22 bits per heavy atom. The molecule has 0 radical (unpaired) electrons. The number of amides is 2. The lowest BCUT2D eigenvalue weighted by atomic mass is 9.96. The van der Waals surface area contributed by atoms with Gasteiger partial charge in [-0.25, -0.2) is 9.18 Å². The number of anilines is 1. The monoisotopic (exact) mass is 332 g/mol. The molecule has 3 nitrogen and oxygen atoms in total. The summed E-state index contributed by atoms with van der Waals surface area (Å²) in [4.78, 5) is 12.1. The van der Waals surface area contributed by atoms with Crippen LogP contribution < -0.4 is 10.6 Å². The summed E-state index contributed by atoms with van der Waals surface area (Å²) in [5.41, 5.74) is 2.54. The lowest BCUT2D eigenvalue weighted by molar-refractivity contribution is 0.251. The van der Waals surface area contributed by atoms with Gasteiger partial charge in [-0.15, -0.1) is 0 Å². The highest BCUT2D eigenvalue weighted by Gasteiger charge is 2.44. The van der Waals surface area contributed by atoms with Crippen molar-refractivity contribution >= 4 is 23.3 Å². The summed E-state index contributed by atoms with van der Waals surface area (Å²) in [5, 5.41) is 6.34. The first-order valence-electron chi connectivity index (χ1n) is 7.56. The zero-order valence-electron chi connectivity index (χ0n) is 12.8. The second kappa shape index (κ2) is 6.20. The molecule has 0 unspecified atom stereocenters. The topological polar surface area (TPSA) is 41.1 Å². The van der Waals surface area contributed by atoms with Crippen LogP contribution in [0.25, 0.3) is 0 Å². The predicted octanol–water partition coefficient (Wildman–Crippen LogP) is 4.64. The number of halogens is 2. The first kappa shape index (κ1) is 15.8. The van der Waals surface area contributed by atoms with E-state index < -0.39 is 0 Å². The zero-order chi connectivity index (χ0) is 16.4. The average Bonchev–Trinajstić information content (AvgIpc) is 3.32. The van der Waals surface area contributed by atoms with Gasteiger partial charge in [0.05, 0.1) is 0 Å². The molecular weight excluding hydrogens is 315 g/mol. The summed E-state index contributed by atoms with van der Waals surface area (Å²) in [7, 11) is 0. The van der Waals surface area contributed by atoms with E-state index in [0.717, 1.165) is 24.0 Å². The third kappa shape index (κ3) is 3.48. The first-order valence-corrected chi connectivity index (χ1v) is 7.94. The van der Waals surface area contributed by atoms with E-state index in [1.165, 1.54) is 12.1 Å². The Hall–Kier alpha value is -2.07. The number of carbonyl (C=O) groups excluding carboxylic acids is 1. The number of benzene rings is 2. The summed E-state index contributed by atoms with van der Waals surface area (Å²) < 4.78 is 13.0. The van der Waals surface area contributed by atoms with Gasteiger partial charge in [0.2, 0.25) is 0 Å². The molecule has 5 heteroatoms. The fourth-order valence-corrected chi connectivity index (χ4v) is 2.86. The van der Waals surface area contributed by atoms with Crippen molar-refractivity contribution in [1.29, 1.82) is 0 Å². The van der Waals surface area contributed by atoms with Gasteiger partial charge in [-0.05, 0) is 55.2 Å². The van der Waals surface area contributed by atoms with E-state index in [0.29, 0.717) is 17.3 Å². The van der Waals surface area contributed by atoms with Gasteiger partial charge in [-0.3, -0.25) is 0 Å². The van der Waals surface area contributed by atoms with Crippen LogP contribution in [0.1, 0.15) is 24.0 Å². The maximum Gasteiger partial charge on any atom is 0.319 e. The molecule has 1 aliphatic rings. The Morgan fingerprint density at radius 3 is 2.57 bits per heavy atom. The minimum absolute atomic E-state index is 0.0611. The SMILES string of the molecule is Cc1c(Cl)cccc1NC(=O)NCC1(c2ccc(F)cc2)CC1. The molecule has 2 aromatic carbocycles. The van der Waals surface area contributed by atoms with Gasteiger partial charge in [-0.2, -0.15) is 0 Å². The molecule has 0 saturated heterocycles. The van der Waals surface area contributed by atoms with E-state index in [1.54, 1.807) is 24.3 Å². The van der Waals surface area contributed by atoms with Crippen LogP contribution in [0.5, 0.6) is 0 Å². The van der Waals surface area contributed by atoms with Crippen molar-refractivity contribution in [2.24, 2.45) is 0 Å². The number of carbonyl (C=O) groups is 1. The minimum Gasteiger partial charge on any atom is -0.337 e. The van der Waals surface area contributed by atoms with Crippen molar-refractivity contribution in [2.75, 3.05) is 11.9 Å². The molecule has 2 N–H and O–H groups in total. The fourth-order valence-electron chi connectivity index (χ4n) is 2.68. The summed E-state index contributed by atoms with van der Waals surface area (Å²) in [6.07, 6.45) is 1.99. The maximum absolute atomic E-state index is 13.0. The molecule has 3 rings (SSSR count). The van der Waals surface area contributed by atoms with Crippen molar-refractivity contribution in [3.05, 3.63) is 64.4 Å². The van der Waals surface area contributed by atoms with E-state index in [2.05, 4.69) is 10.6 Å². The fraction of sp³-hybridized carbons (Fsp3) is 0.278. The molecule has 2 amide bonds. The van der Waals surface area contributed by atoms with Crippen molar-refractivity contribution in [3.63, 3.8) is 0 Å². The molecule has 0 bridgehead atoms. The summed E-state index contributed by atoms with van der Waals surface area (Å²) in [6.45, 7) is 2.39. The molecule has 2 aromatic rings. The minimum atomic E-state index is -0.260. The van der Waals surface area contributed by atoms with Crippen LogP contribution in [0, 0.1) is 12.7 Å². The van der Waals surface area contributed by atoms with Crippen molar-refractivity contribution in [3.8, 4) is 0 Å². The van der Waals surface area contributed by atoms with Gasteiger partial charge in [0, 0.05) is 22.7 Å². The quantitative estimate of drug-likeness (QED) is 0.841. The van der Waals surface area contributed by atoms with E-state index in [9.17, 15) is 9.18 Å². The Kier molecular flexibility index (Phi) is 4.26. The highest BCUT2D eigenvalue weighted by atomic mass is 35.5. The molecular formula is C18H18ClFN2O. The van der Waals surface area contributed by atoms with E-state index in [1.807, 2.05) is 13.0 Å². The highest BCUT2D eigenvalue weighted by Crippen LogP contribution is 2.47. The second-order valence-electron chi connectivity index (χ2n) is 6.01. The standard InChI is InChI=1S/C18H18ClFN2O/c1-12-15(19)3-2-4-16(12)22-17(23)21-11-18(9-10-18)13-5-7-14(20)8-6-13/h2-8H,9-11H2,1H3,(H2,21,22,23). The third-order valence-corrected chi connectivity index (χ3v) is 4.82. The molecule has 23 heavy (non-hydrogen) atoms. The van der Waals surface area contributed by atoms with Gasteiger partial charge >= 0.3 is 6.03 Å². The van der Waals surface area contributed by atoms with Gasteiger partial charge < -0.3 is 10.6 Å². The van der Waals surface area contributed by atoms with Gasteiger partial charge in [0.15, 0.2) is 0 Å². The van der Waals surface area contributed by atoms with Crippen LogP contribution in [0.4, 0.5) is 14.9 Å². The summed E-state index contributed by atoms with van der Waals surface area (Å²) in [5.74, 6) is -0.244. The highest BCUT2D eigenvalue weighted by molar-refractivity contribution is 6.31. The average molecular weight is 333 g/mol. The smallest absolute Gasteiger partial charge is 0.319 e. The van der Waals surface area contributed by atoms with Gasteiger partial charge in [0.1, 0.15) is 5.82 Å². The number of rotatable bonds is 4. The first-order chi connectivity index (χ1) is 11.0. The second-order valence-corrected chi connectivity index (χ2v) is 6.41. The Bertz CT molecular complexity index is 726. The number of nitrogens with one attached hydrogen (secondary N) is 2. The maximum atomic E-state index is 13.0. The number of hydrogen-bond donors (Lipinski definition) is 2. The molecule has 1 fully saturated rings. The van der Waals surface area contributed by atoms with E-state index in [4.69, 9.17) is 11.6 Å². The Labute approximate surface area is 139 Å². The molecule has 1 aliphatic carbocycles. The normalized spacial score (nSPS) is 15.1. The molecule has 0 atom stereocenters. The molecule has 120 valence electrons. The lowest BCUT2D eigenvalue weighted by Gasteiger charge is -2.17. The molecule has 0 spiro atoms. The van der Waals surface area contributed by atoms with Gasteiger partial charge in [-0.1, -0.05) is 29.8 Å². The molecule has 1 saturated carbocycles. The number of hydrogen-bond acceptors (Lipinski definition) is 1. The largest absolute Gasteiger partial charge is 0.337 e. The van der Waals surface area contributed by atoms with Crippen LogP contribution in [0.15, 0.2) is 42.5 Å². The summed E-state index contributed by atoms with van der Waals surface area (Å²) in [6, 6.07) is 11.7.